The number of nitrogens with zero attached hydrogens (tertiary/aromatic N) is 1. The van der Waals surface area contributed by atoms with Crippen molar-refractivity contribution in [1.82, 2.24) is 4.98 Å². The van der Waals surface area contributed by atoms with Gasteiger partial charge >= 0.3 is 0 Å². The van der Waals surface area contributed by atoms with E-state index in [1.54, 1.807) is 0 Å². The number of hydrogen-bond acceptors (Lipinski definition) is 2. The zero-order valence-corrected chi connectivity index (χ0v) is 6.02. The quantitative estimate of drug-likeness (QED) is 0.628. The molecule has 0 atom stereocenters. The number of pyridine rings is 1. The number of halogens is 2. The summed E-state index contributed by atoms with van der Waals surface area (Å²) in [6.45, 7) is 0. The fraction of sp³-hybridized carbons (Fsp3) is 0.167. The van der Waals surface area contributed by atoms with Crippen LogP contribution < -0.4 is 4.74 Å². The summed E-state index contributed by atoms with van der Waals surface area (Å²) in [7, 11) is 1.41. The summed E-state index contributed by atoms with van der Waals surface area (Å²) in [4.78, 5) is 3.66. The number of ether oxygens (including phenoxy) is 1. The van der Waals surface area contributed by atoms with Crippen LogP contribution in [-0.4, -0.2) is 12.1 Å². The number of methoxy groups -OCH3 is 1. The summed E-state index contributed by atoms with van der Waals surface area (Å²) in [5.74, 6) is -0.296. The van der Waals surface area contributed by atoms with Crippen molar-refractivity contribution in [2.45, 2.75) is 0 Å². The first-order chi connectivity index (χ1) is 4.74. The molecule has 2 nitrogen and oxygen atoms in total. The van der Waals surface area contributed by atoms with Gasteiger partial charge in [-0.2, -0.15) is 0 Å². The highest BCUT2D eigenvalue weighted by Gasteiger charge is 2.00. The van der Waals surface area contributed by atoms with Gasteiger partial charge in [0.15, 0.2) is 0 Å². The Bertz CT molecular complexity index is 241. The van der Waals surface area contributed by atoms with Gasteiger partial charge in [0.1, 0.15) is 5.82 Å². The molecule has 0 saturated heterocycles. The number of hydrogen-bond donors (Lipinski definition) is 0. The Morgan fingerprint density at radius 1 is 1.70 bits per heavy atom. The van der Waals surface area contributed by atoms with Crippen molar-refractivity contribution < 1.29 is 9.13 Å². The van der Waals surface area contributed by atoms with Gasteiger partial charge in [0.05, 0.1) is 18.3 Å². The molecule has 0 bridgehead atoms. The summed E-state index contributed by atoms with van der Waals surface area (Å²) >= 11 is 5.34. The highest BCUT2D eigenvalue weighted by Crippen LogP contribution is 2.16. The van der Waals surface area contributed by atoms with Crippen molar-refractivity contribution >= 4 is 11.6 Å². The molecule has 0 fully saturated rings. The van der Waals surface area contributed by atoms with Crippen molar-refractivity contribution in [2.75, 3.05) is 7.11 Å². The molecule has 0 spiro atoms. The van der Waals surface area contributed by atoms with E-state index in [2.05, 4.69) is 9.72 Å². The molecule has 1 aromatic rings. The van der Waals surface area contributed by atoms with Gasteiger partial charge < -0.3 is 4.74 Å². The monoisotopic (exact) mass is 161 g/mol. The first-order valence-electron chi connectivity index (χ1n) is 2.59. The van der Waals surface area contributed by atoms with Gasteiger partial charge in [-0.1, -0.05) is 11.6 Å². The van der Waals surface area contributed by atoms with Gasteiger partial charge in [-0.15, -0.1) is 0 Å². The lowest BCUT2D eigenvalue weighted by atomic mass is 10.5. The summed E-state index contributed by atoms with van der Waals surface area (Å²) in [5.41, 5.74) is 0. The van der Waals surface area contributed by atoms with E-state index in [1.807, 2.05) is 0 Å². The van der Waals surface area contributed by atoms with Crippen LogP contribution in [0.1, 0.15) is 0 Å². The van der Waals surface area contributed by atoms with E-state index >= 15 is 0 Å². The average molecular weight is 162 g/mol. The fourth-order valence-electron chi connectivity index (χ4n) is 0.508. The van der Waals surface area contributed by atoms with Crippen LogP contribution in [0.5, 0.6) is 5.88 Å². The maximum absolute atomic E-state index is 12.5. The van der Waals surface area contributed by atoms with Gasteiger partial charge in [0.2, 0.25) is 5.88 Å². The first kappa shape index (κ1) is 7.28. The molecule has 0 radical (unpaired) electrons. The minimum absolute atomic E-state index is 0.000741. The molecule has 0 aliphatic rings. The van der Waals surface area contributed by atoms with Crippen LogP contribution in [0.2, 0.25) is 5.02 Å². The zero-order chi connectivity index (χ0) is 7.56. The van der Waals surface area contributed by atoms with Gasteiger partial charge in [0.25, 0.3) is 0 Å². The maximum Gasteiger partial charge on any atom is 0.215 e. The Hall–Kier alpha value is -0.830. The molecule has 0 N–H and O–H groups in total. The summed E-state index contributed by atoms with van der Waals surface area (Å²) in [5, 5.41) is 0.000741. The van der Waals surface area contributed by atoms with Crippen molar-refractivity contribution in [2.24, 2.45) is 0 Å². The minimum atomic E-state index is -0.520. The van der Waals surface area contributed by atoms with E-state index in [1.165, 1.54) is 13.3 Å². The largest absolute Gasteiger partial charge is 0.481 e. The lowest BCUT2D eigenvalue weighted by Gasteiger charge is -1.97. The average Bonchev–Trinajstić information content (AvgIpc) is 1.95. The molecule has 0 aromatic carbocycles. The van der Waals surface area contributed by atoms with Crippen LogP contribution in [0.4, 0.5) is 4.39 Å². The second-order valence-electron chi connectivity index (χ2n) is 1.64. The van der Waals surface area contributed by atoms with Gasteiger partial charge in [0, 0.05) is 6.07 Å². The molecule has 4 heteroatoms. The Labute approximate surface area is 62.6 Å². The van der Waals surface area contributed by atoms with E-state index in [4.69, 9.17) is 11.6 Å². The number of rotatable bonds is 1. The van der Waals surface area contributed by atoms with Crippen LogP contribution in [0.15, 0.2) is 12.3 Å². The van der Waals surface area contributed by atoms with Crippen molar-refractivity contribution in [3.8, 4) is 5.88 Å². The molecule has 1 rings (SSSR count). The lowest BCUT2D eigenvalue weighted by molar-refractivity contribution is 0.394. The molecule has 54 valence electrons. The maximum atomic E-state index is 12.5. The highest BCUT2D eigenvalue weighted by molar-refractivity contribution is 6.30. The van der Waals surface area contributed by atoms with Crippen molar-refractivity contribution in [3.63, 3.8) is 0 Å². The summed E-state index contributed by atoms with van der Waals surface area (Å²) < 4.78 is 17.2. The van der Waals surface area contributed by atoms with Crippen LogP contribution >= 0.6 is 11.6 Å². The smallest absolute Gasteiger partial charge is 0.215 e. The van der Waals surface area contributed by atoms with E-state index < -0.39 is 5.82 Å². The predicted octanol–water partition coefficient (Wildman–Crippen LogP) is 1.88. The molecule has 0 saturated carbocycles. The molecular formula is C6H5ClFNO. The first-order valence-corrected chi connectivity index (χ1v) is 2.97. The van der Waals surface area contributed by atoms with Crippen molar-refractivity contribution in [3.05, 3.63) is 23.1 Å². The van der Waals surface area contributed by atoms with E-state index in [-0.39, 0.29) is 10.9 Å². The van der Waals surface area contributed by atoms with E-state index in [9.17, 15) is 4.39 Å². The molecular weight excluding hydrogens is 157 g/mol. The topological polar surface area (TPSA) is 22.1 Å². The van der Waals surface area contributed by atoms with Gasteiger partial charge in [-0.05, 0) is 0 Å². The highest BCUT2D eigenvalue weighted by atomic mass is 35.5. The fourth-order valence-corrected chi connectivity index (χ4v) is 0.612. The van der Waals surface area contributed by atoms with E-state index in [0.29, 0.717) is 0 Å². The zero-order valence-electron chi connectivity index (χ0n) is 5.27. The van der Waals surface area contributed by atoms with Crippen LogP contribution in [0.3, 0.4) is 0 Å². The van der Waals surface area contributed by atoms with Gasteiger partial charge in [-0.3, -0.25) is 0 Å². The predicted molar refractivity (Wildman–Crippen MR) is 35.8 cm³/mol. The summed E-state index contributed by atoms with van der Waals surface area (Å²) in [6.07, 6.45) is 1.20. The molecule has 0 unspecified atom stereocenters. The standard InChI is InChI=1S/C6H5ClFNO/c1-10-6-2-5(8)4(7)3-9-6/h2-3H,1H3. The second-order valence-corrected chi connectivity index (χ2v) is 2.05. The lowest BCUT2D eigenvalue weighted by Crippen LogP contribution is -1.88. The Kier molecular flexibility index (Phi) is 2.06. The third-order valence-electron chi connectivity index (χ3n) is 0.993. The molecule has 0 amide bonds. The van der Waals surface area contributed by atoms with Gasteiger partial charge in [-0.25, -0.2) is 9.37 Å². The second kappa shape index (κ2) is 2.84. The Morgan fingerprint density at radius 2 is 2.40 bits per heavy atom. The Morgan fingerprint density at radius 3 is 2.90 bits per heavy atom. The Balaban J connectivity index is 3.04. The number of aromatic nitrogens is 1. The van der Waals surface area contributed by atoms with Crippen LogP contribution in [-0.2, 0) is 0 Å². The summed E-state index contributed by atoms with van der Waals surface area (Å²) in [6, 6.07) is 1.13. The third-order valence-corrected chi connectivity index (χ3v) is 1.27. The SMILES string of the molecule is COc1cc(F)c(Cl)cn1. The molecule has 1 aromatic heterocycles. The molecule has 10 heavy (non-hydrogen) atoms. The normalized spacial score (nSPS) is 9.50. The third kappa shape index (κ3) is 1.36. The van der Waals surface area contributed by atoms with Crippen LogP contribution in [0.25, 0.3) is 0 Å². The van der Waals surface area contributed by atoms with Crippen LogP contribution in [0, 0.1) is 5.82 Å². The van der Waals surface area contributed by atoms with Crippen molar-refractivity contribution in [1.29, 1.82) is 0 Å². The van der Waals surface area contributed by atoms with E-state index in [0.717, 1.165) is 6.07 Å². The minimum Gasteiger partial charge on any atom is -0.481 e. The molecule has 1 heterocycles. The molecule has 0 aliphatic carbocycles. The molecule has 0 aliphatic heterocycles.